The van der Waals surface area contributed by atoms with Gasteiger partial charge in [-0.25, -0.2) is 0 Å². The fourth-order valence-electron chi connectivity index (χ4n) is 4.60. The number of amides is 1. The normalized spacial score (nSPS) is 16.6. The van der Waals surface area contributed by atoms with Crippen LogP contribution in [-0.4, -0.2) is 41.0 Å². The van der Waals surface area contributed by atoms with E-state index >= 15 is 0 Å². The maximum absolute atomic E-state index is 13.4. The second-order valence-corrected chi connectivity index (χ2v) is 10.5. The van der Waals surface area contributed by atoms with E-state index in [9.17, 15) is 4.79 Å². The molecule has 1 fully saturated rings. The van der Waals surface area contributed by atoms with Crippen LogP contribution in [0.25, 0.3) is 0 Å². The fourth-order valence-corrected chi connectivity index (χ4v) is 6.32. The van der Waals surface area contributed by atoms with Gasteiger partial charge in [0, 0.05) is 21.2 Å². The van der Waals surface area contributed by atoms with Crippen LogP contribution >= 0.6 is 23.4 Å². The number of anilines is 1. The van der Waals surface area contributed by atoms with E-state index in [0.29, 0.717) is 51.6 Å². The number of thioether (sulfide) groups is 1. The van der Waals surface area contributed by atoms with Gasteiger partial charge in [-0.15, -0.1) is 11.8 Å². The van der Waals surface area contributed by atoms with Crippen LogP contribution in [0.15, 0.2) is 48.5 Å². The van der Waals surface area contributed by atoms with E-state index in [2.05, 4.69) is 5.32 Å². The molecule has 1 heterocycles. The monoisotopic (exact) mass is 557 g/mol. The Morgan fingerprint density at radius 1 is 0.868 bits per heavy atom. The third-order valence-corrected chi connectivity index (χ3v) is 8.27. The van der Waals surface area contributed by atoms with Crippen LogP contribution in [0.3, 0.4) is 0 Å². The molecule has 1 aliphatic heterocycles. The van der Waals surface area contributed by atoms with E-state index in [-0.39, 0.29) is 16.4 Å². The number of carbonyl (C=O) groups excluding carboxylic acids is 1. The molecule has 38 heavy (non-hydrogen) atoms. The summed E-state index contributed by atoms with van der Waals surface area (Å²) in [5.41, 5.74) is 3.12. The summed E-state index contributed by atoms with van der Waals surface area (Å²) in [5.74, 6) is 2.49. The van der Waals surface area contributed by atoms with Crippen LogP contribution in [0.5, 0.6) is 28.7 Å². The van der Waals surface area contributed by atoms with Gasteiger partial charge in [0.15, 0.2) is 23.0 Å². The number of halogens is 1. The number of carbonyl (C=O) groups is 1. The highest BCUT2D eigenvalue weighted by Gasteiger charge is 2.31. The van der Waals surface area contributed by atoms with Crippen LogP contribution < -0.4 is 29.0 Å². The van der Waals surface area contributed by atoms with E-state index < -0.39 is 0 Å². The summed E-state index contributed by atoms with van der Waals surface area (Å²) in [4.78, 5) is 13.4. The van der Waals surface area contributed by atoms with Gasteiger partial charge in [0.1, 0.15) is 0 Å². The van der Waals surface area contributed by atoms with E-state index in [4.69, 9.17) is 35.3 Å². The van der Waals surface area contributed by atoms with Gasteiger partial charge in [-0.3, -0.25) is 4.79 Å². The highest BCUT2D eigenvalue weighted by Crippen LogP contribution is 2.55. The van der Waals surface area contributed by atoms with Gasteiger partial charge >= 0.3 is 0 Å². The Labute approximate surface area is 232 Å². The number of nitrogens with one attached hydrogen (secondary N) is 1. The molecule has 1 amide bonds. The first-order valence-corrected chi connectivity index (χ1v) is 13.6. The van der Waals surface area contributed by atoms with Crippen LogP contribution in [0.1, 0.15) is 51.8 Å². The lowest BCUT2D eigenvalue weighted by molar-refractivity contribution is 0.102. The standard InChI is InChI=1S/C29H32ClNO6S/c1-6-37-27-21(29(32)31-20-9-7-8-19(30)16-20)12-17(13-22(27)33-2)25-10-11-26(38-25)18-14-23(34-3)28(36-5)24(15-18)35-4/h7-9,12-16,25-26H,6,10-11H2,1-5H3,(H,31,32)/t25-,26-/m1/s1. The van der Waals surface area contributed by atoms with Gasteiger partial charge in [-0.1, -0.05) is 17.7 Å². The van der Waals surface area contributed by atoms with E-state index in [1.807, 2.05) is 43.0 Å². The van der Waals surface area contributed by atoms with Crippen LogP contribution in [0.4, 0.5) is 5.69 Å². The molecule has 1 aliphatic rings. The molecule has 2 atom stereocenters. The van der Waals surface area contributed by atoms with Crippen LogP contribution in [0.2, 0.25) is 5.02 Å². The van der Waals surface area contributed by atoms with Gasteiger partial charge in [0.05, 0.1) is 40.6 Å². The quantitative estimate of drug-likeness (QED) is 0.279. The minimum atomic E-state index is -0.292. The van der Waals surface area contributed by atoms with Crippen molar-refractivity contribution in [3.8, 4) is 28.7 Å². The van der Waals surface area contributed by atoms with Crippen molar-refractivity contribution in [1.29, 1.82) is 0 Å². The van der Waals surface area contributed by atoms with Crippen LogP contribution in [-0.2, 0) is 0 Å². The van der Waals surface area contributed by atoms with Gasteiger partial charge < -0.3 is 29.0 Å². The summed E-state index contributed by atoms with van der Waals surface area (Å²) >= 11 is 7.95. The first-order chi connectivity index (χ1) is 18.4. The van der Waals surface area contributed by atoms with Crippen molar-refractivity contribution in [2.24, 2.45) is 0 Å². The third kappa shape index (κ3) is 5.92. The third-order valence-electron chi connectivity index (χ3n) is 6.36. The number of hydrogen-bond donors (Lipinski definition) is 1. The molecule has 202 valence electrons. The summed E-state index contributed by atoms with van der Waals surface area (Å²) in [6, 6.07) is 14.9. The number of hydrogen-bond acceptors (Lipinski definition) is 7. The van der Waals surface area contributed by atoms with Crippen molar-refractivity contribution in [3.63, 3.8) is 0 Å². The number of ether oxygens (including phenoxy) is 5. The van der Waals surface area contributed by atoms with Crippen molar-refractivity contribution < 1.29 is 28.5 Å². The predicted octanol–water partition coefficient (Wildman–Crippen LogP) is 7.33. The summed E-state index contributed by atoms with van der Waals surface area (Å²) in [7, 11) is 6.42. The van der Waals surface area contributed by atoms with E-state index in [0.717, 1.165) is 24.0 Å². The maximum atomic E-state index is 13.4. The molecular weight excluding hydrogens is 526 g/mol. The van der Waals surface area contributed by atoms with Crippen molar-refractivity contribution in [2.75, 3.05) is 40.4 Å². The first kappa shape index (κ1) is 27.8. The summed E-state index contributed by atoms with van der Waals surface area (Å²) in [6.45, 7) is 2.27. The molecule has 0 spiro atoms. The zero-order valence-electron chi connectivity index (χ0n) is 22.1. The Morgan fingerprint density at radius 3 is 1.97 bits per heavy atom. The highest BCUT2D eigenvalue weighted by atomic mass is 35.5. The van der Waals surface area contributed by atoms with Crippen molar-refractivity contribution in [3.05, 3.63) is 70.2 Å². The second-order valence-electron chi connectivity index (χ2n) is 8.65. The minimum absolute atomic E-state index is 0.154. The Kier molecular flexibility index (Phi) is 9.17. The number of benzene rings is 3. The second kappa shape index (κ2) is 12.5. The van der Waals surface area contributed by atoms with E-state index in [1.165, 1.54) is 0 Å². The molecule has 0 aromatic heterocycles. The van der Waals surface area contributed by atoms with Gasteiger partial charge in [-0.05, 0) is 73.4 Å². The molecule has 4 rings (SSSR count). The molecule has 1 saturated heterocycles. The number of methoxy groups -OCH3 is 4. The molecular formula is C29H32ClNO6S. The van der Waals surface area contributed by atoms with Crippen molar-refractivity contribution in [2.45, 2.75) is 30.3 Å². The first-order valence-electron chi connectivity index (χ1n) is 12.3. The fraction of sp³-hybridized carbons (Fsp3) is 0.345. The lowest BCUT2D eigenvalue weighted by atomic mass is 10.0. The minimum Gasteiger partial charge on any atom is -0.493 e. The summed E-state index contributed by atoms with van der Waals surface area (Å²) in [5, 5.41) is 3.85. The van der Waals surface area contributed by atoms with Crippen LogP contribution in [0, 0.1) is 0 Å². The highest BCUT2D eigenvalue weighted by molar-refractivity contribution is 8.00. The van der Waals surface area contributed by atoms with Crippen molar-refractivity contribution in [1.82, 2.24) is 0 Å². The smallest absolute Gasteiger partial charge is 0.259 e. The van der Waals surface area contributed by atoms with Crippen molar-refractivity contribution >= 4 is 35.0 Å². The molecule has 9 heteroatoms. The van der Waals surface area contributed by atoms with Gasteiger partial charge in [0.25, 0.3) is 5.91 Å². The van der Waals surface area contributed by atoms with Gasteiger partial charge in [-0.2, -0.15) is 0 Å². The Hall–Kier alpha value is -3.23. The Bertz CT molecular complexity index is 1280. The average Bonchev–Trinajstić information content (AvgIpc) is 3.42. The summed E-state index contributed by atoms with van der Waals surface area (Å²) < 4.78 is 28.1. The molecule has 3 aromatic rings. The summed E-state index contributed by atoms with van der Waals surface area (Å²) in [6.07, 6.45) is 1.88. The largest absolute Gasteiger partial charge is 0.493 e. The predicted molar refractivity (Wildman–Crippen MR) is 152 cm³/mol. The Morgan fingerprint density at radius 2 is 1.45 bits per heavy atom. The molecule has 0 unspecified atom stereocenters. The molecule has 0 bridgehead atoms. The molecule has 0 aliphatic carbocycles. The maximum Gasteiger partial charge on any atom is 0.259 e. The van der Waals surface area contributed by atoms with E-state index in [1.54, 1.807) is 52.7 Å². The zero-order valence-corrected chi connectivity index (χ0v) is 23.7. The number of rotatable bonds is 10. The molecule has 0 radical (unpaired) electrons. The zero-order chi connectivity index (χ0) is 27.2. The molecule has 3 aromatic carbocycles. The molecule has 7 nitrogen and oxygen atoms in total. The molecule has 1 N–H and O–H groups in total. The van der Waals surface area contributed by atoms with Gasteiger partial charge in [0.2, 0.25) is 5.75 Å². The average molecular weight is 558 g/mol. The topological polar surface area (TPSA) is 75.2 Å². The Balaban J connectivity index is 1.65. The lowest BCUT2D eigenvalue weighted by Gasteiger charge is -2.19. The lowest BCUT2D eigenvalue weighted by Crippen LogP contribution is -2.15. The molecule has 0 saturated carbocycles. The SMILES string of the molecule is CCOc1c(OC)cc([C@H]2CC[C@H](c3cc(OC)c(OC)c(OC)c3)S2)cc1C(=O)Nc1cccc(Cl)c1.